The van der Waals surface area contributed by atoms with Crippen LogP contribution in [0.3, 0.4) is 0 Å². The smallest absolute Gasteiger partial charge is 0.383 e. The zero-order valence-electron chi connectivity index (χ0n) is 4.87. The maximum Gasteiger partial charge on any atom is 0.414 e. The highest BCUT2D eigenvalue weighted by molar-refractivity contribution is 4.87. The average molecular weight is 181 g/mol. The Balaban J connectivity index is 3.99. The topological polar surface area (TPSA) is 20.2 Å². The van der Waals surface area contributed by atoms with E-state index in [1.54, 1.807) is 0 Å². The van der Waals surface area contributed by atoms with Gasteiger partial charge in [-0.15, -0.1) is 0 Å². The first kappa shape index (κ1) is 10.5. The van der Waals surface area contributed by atoms with Crippen molar-refractivity contribution in [3.05, 3.63) is 6.42 Å². The highest BCUT2D eigenvalue weighted by Crippen LogP contribution is 2.29. The summed E-state index contributed by atoms with van der Waals surface area (Å²) in [6.45, 7) is 0. The minimum Gasteiger partial charge on any atom is -0.383 e. The number of aliphatic hydroxyl groups excluding tert-OH is 1. The first-order valence-corrected chi connectivity index (χ1v) is 2.30. The van der Waals surface area contributed by atoms with Crippen LogP contribution >= 0.6 is 0 Å². The molecule has 1 nitrogen and oxygen atoms in total. The fourth-order valence-electron chi connectivity index (χ4n) is 0.273. The van der Waals surface area contributed by atoms with E-state index >= 15 is 0 Å². The average Bonchev–Trinajstić information content (AvgIpc) is 1.56. The van der Waals surface area contributed by atoms with Crippen molar-refractivity contribution in [2.75, 3.05) is 0 Å². The molecule has 1 unspecified atom stereocenters. The Morgan fingerprint density at radius 1 is 1.00 bits per heavy atom. The van der Waals surface area contributed by atoms with Crippen molar-refractivity contribution in [3.8, 4) is 0 Å². The molecule has 67 valence electrons. The predicted molar refractivity (Wildman–Crippen MR) is 22.4 cm³/mol. The molecule has 0 aliphatic heterocycles. The van der Waals surface area contributed by atoms with Crippen LogP contribution in [0.4, 0.5) is 26.3 Å². The van der Waals surface area contributed by atoms with Crippen LogP contribution in [0, 0.1) is 6.42 Å². The van der Waals surface area contributed by atoms with Crippen molar-refractivity contribution < 1.29 is 31.4 Å². The zero-order chi connectivity index (χ0) is 9.28. The summed E-state index contributed by atoms with van der Waals surface area (Å²) >= 11 is 0. The number of hydrogen-bond donors (Lipinski definition) is 1. The molecule has 0 aromatic carbocycles. The third-order valence-corrected chi connectivity index (χ3v) is 0.682. The van der Waals surface area contributed by atoms with Gasteiger partial charge in [-0.1, -0.05) is 0 Å². The third kappa shape index (κ3) is 4.88. The summed E-state index contributed by atoms with van der Waals surface area (Å²) in [4.78, 5) is 0. The van der Waals surface area contributed by atoms with Gasteiger partial charge < -0.3 is 5.11 Å². The molecule has 0 aromatic rings. The molecule has 0 amide bonds. The lowest BCUT2D eigenvalue weighted by molar-refractivity contribution is -0.213. The largest absolute Gasteiger partial charge is 0.414 e. The van der Waals surface area contributed by atoms with Gasteiger partial charge in [0, 0.05) is 0 Å². The Morgan fingerprint density at radius 3 is 1.45 bits per heavy atom. The van der Waals surface area contributed by atoms with E-state index in [4.69, 9.17) is 5.11 Å². The molecule has 0 rings (SSSR count). The Morgan fingerprint density at radius 2 is 1.36 bits per heavy atom. The van der Waals surface area contributed by atoms with Crippen LogP contribution in [0.2, 0.25) is 0 Å². The number of halogens is 6. The summed E-state index contributed by atoms with van der Waals surface area (Å²) < 4.78 is 67.0. The van der Waals surface area contributed by atoms with Crippen molar-refractivity contribution >= 4 is 0 Å². The molecule has 0 saturated carbocycles. The first-order chi connectivity index (χ1) is 4.63. The summed E-state index contributed by atoms with van der Waals surface area (Å²) in [6.07, 6.45) is -14.9. The summed E-state index contributed by atoms with van der Waals surface area (Å²) in [5.74, 6) is 0. The lowest BCUT2D eigenvalue weighted by atomic mass is 10.2. The molecular weight excluding hydrogens is 178 g/mol. The monoisotopic (exact) mass is 181 g/mol. The van der Waals surface area contributed by atoms with Crippen LogP contribution in [-0.4, -0.2) is 23.6 Å². The van der Waals surface area contributed by atoms with Gasteiger partial charge in [0.1, 0.15) is 6.42 Å². The Kier molecular flexibility index (Phi) is 2.76. The third-order valence-electron chi connectivity index (χ3n) is 0.682. The molecule has 0 aromatic heterocycles. The van der Waals surface area contributed by atoms with Gasteiger partial charge in [-0.3, -0.25) is 0 Å². The molecule has 0 aliphatic rings. The maximum absolute atomic E-state index is 11.2. The number of alkyl halides is 6. The summed E-state index contributed by atoms with van der Waals surface area (Å²) in [6, 6.07) is 0. The Hall–Kier alpha value is -0.460. The minimum atomic E-state index is -5.25. The summed E-state index contributed by atoms with van der Waals surface area (Å²) in [5.41, 5.74) is 0. The molecule has 11 heavy (non-hydrogen) atoms. The van der Waals surface area contributed by atoms with Crippen LogP contribution in [0.15, 0.2) is 0 Å². The van der Waals surface area contributed by atoms with Gasteiger partial charge in [-0.25, -0.2) is 0 Å². The molecule has 0 saturated heterocycles. The second kappa shape index (κ2) is 2.88. The van der Waals surface area contributed by atoms with E-state index in [1.807, 2.05) is 0 Å². The molecule has 0 aliphatic carbocycles. The molecule has 0 bridgehead atoms. The molecule has 1 radical (unpaired) electrons. The van der Waals surface area contributed by atoms with Gasteiger partial charge in [0.15, 0.2) is 6.10 Å². The van der Waals surface area contributed by atoms with Crippen LogP contribution in [0.5, 0.6) is 0 Å². The fraction of sp³-hybridized carbons (Fsp3) is 0.750. The van der Waals surface area contributed by atoms with Crippen molar-refractivity contribution in [1.29, 1.82) is 0 Å². The maximum atomic E-state index is 11.2. The Labute approximate surface area is 57.6 Å². The van der Waals surface area contributed by atoms with E-state index < -0.39 is 24.9 Å². The molecule has 0 spiro atoms. The molecule has 0 heterocycles. The van der Waals surface area contributed by atoms with Crippen LogP contribution < -0.4 is 0 Å². The van der Waals surface area contributed by atoms with Crippen molar-refractivity contribution in [2.45, 2.75) is 18.5 Å². The molecular formula is C4H3F6O. The van der Waals surface area contributed by atoms with E-state index in [0.717, 1.165) is 0 Å². The van der Waals surface area contributed by atoms with E-state index in [9.17, 15) is 26.3 Å². The SMILES string of the molecule is OC([CH]C(F)(F)F)C(F)(F)F. The zero-order valence-corrected chi connectivity index (χ0v) is 4.87. The van der Waals surface area contributed by atoms with Gasteiger partial charge >= 0.3 is 12.4 Å². The predicted octanol–water partition coefficient (Wildman–Crippen LogP) is 1.68. The van der Waals surface area contributed by atoms with E-state index in [1.165, 1.54) is 0 Å². The van der Waals surface area contributed by atoms with E-state index in [2.05, 4.69) is 0 Å². The van der Waals surface area contributed by atoms with Gasteiger partial charge in [0.05, 0.1) is 0 Å². The highest BCUT2D eigenvalue weighted by Gasteiger charge is 2.45. The Bertz CT molecular complexity index is 124. The number of aliphatic hydroxyl groups is 1. The van der Waals surface area contributed by atoms with Crippen molar-refractivity contribution in [3.63, 3.8) is 0 Å². The lowest BCUT2D eigenvalue weighted by Gasteiger charge is -2.15. The van der Waals surface area contributed by atoms with Crippen LogP contribution in [0.1, 0.15) is 0 Å². The van der Waals surface area contributed by atoms with Crippen molar-refractivity contribution in [1.82, 2.24) is 0 Å². The summed E-state index contributed by atoms with van der Waals surface area (Å²) in [7, 11) is 0. The minimum absolute atomic E-state index is 1.13. The van der Waals surface area contributed by atoms with Crippen LogP contribution in [-0.2, 0) is 0 Å². The van der Waals surface area contributed by atoms with Gasteiger partial charge in [0.25, 0.3) is 0 Å². The van der Waals surface area contributed by atoms with Gasteiger partial charge in [-0.2, -0.15) is 26.3 Å². The molecule has 0 fully saturated rings. The van der Waals surface area contributed by atoms with E-state index in [-0.39, 0.29) is 0 Å². The van der Waals surface area contributed by atoms with Gasteiger partial charge in [0.2, 0.25) is 0 Å². The standard InChI is InChI=1S/C4H3F6O/c5-3(6,7)1-2(11)4(8,9)10/h1-2,11H. The lowest BCUT2D eigenvalue weighted by Crippen LogP contribution is -2.34. The second-order valence-corrected chi connectivity index (χ2v) is 1.69. The van der Waals surface area contributed by atoms with E-state index in [0.29, 0.717) is 0 Å². The number of hydrogen-bond acceptors (Lipinski definition) is 1. The molecule has 1 atom stereocenters. The fourth-order valence-corrected chi connectivity index (χ4v) is 0.273. The first-order valence-electron chi connectivity index (χ1n) is 2.30. The van der Waals surface area contributed by atoms with Crippen molar-refractivity contribution in [2.24, 2.45) is 0 Å². The molecule has 7 heteroatoms. The second-order valence-electron chi connectivity index (χ2n) is 1.69. The number of rotatable bonds is 1. The quantitative estimate of drug-likeness (QED) is 0.610. The van der Waals surface area contributed by atoms with Gasteiger partial charge in [-0.05, 0) is 0 Å². The van der Waals surface area contributed by atoms with Crippen LogP contribution in [0.25, 0.3) is 0 Å². The highest BCUT2D eigenvalue weighted by atomic mass is 19.4. The molecule has 1 N–H and O–H groups in total. The normalized spacial score (nSPS) is 16.6. The summed E-state index contributed by atoms with van der Waals surface area (Å²) in [5, 5.41) is 7.82.